The standard InChI is InChI=1S/C16H20Cl2O3/c17-11-12-2-1-3-14(18)15(12)21-13-4-7-20-16(10-13)5-8-19-9-6-16/h1-3,13H,4-11H2. The van der Waals surface area contributed by atoms with E-state index in [4.69, 9.17) is 37.4 Å². The van der Waals surface area contributed by atoms with Crippen LogP contribution < -0.4 is 4.74 Å². The third kappa shape index (κ3) is 3.48. The Labute approximate surface area is 135 Å². The number of para-hydroxylation sites is 1. The van der Waals surface area contributed by atoms with Crippen LogP contribution in [0.2, 0.25) is 5.02 Å². The first-order valence-corrected chi connectivity index (χ1v) is 8.35. The summed E-state index contributed by atoms with van der Waals surface area (Å²) in [5.74, 6) is 1.13. The molecule has 2 aliphatic rings. The molecule has 116 valence electrons. The predicted octanol–water partition coefficient (Wildman–Crippen LogP) is 4.19. The Morgan fingerprint density at radius 2 is 2.05 bits per heavy atom. The van der Waals surface area contributed by atoms with E-state index in [9.17, 15) is 0 Å². The van der Waals surface area contributed by atoms with Gasteiger partial charge in [0.15, 0.2) is 0 Å². The number of alkyl halides is 1. The van der Waals surface area contributed by atoms with Crippen LogP contribution in [-0.2, 0) is 15.4 Å². The molecule has 1 unspecified atom stereocenters. The minimum Gasteiger partial charge on any atom is -0.488 e. The maximum absolute atomic E-state index is 6.27. The summed E-state index contributed by atoms with van der Waals surface area (Å²) in [7, 11) is 0. The molecule has 0 aromatic heterocycles. The first-order chi connectivity index (χ1) is 10.2. The molecule has 2 aliphatic heterocycles. The molecule has 0 amide bonds. The molecule has 0 N–H and O–H groups in total. The van der Waals surface area contributed by atoms with Crippen molar-refractivity contribution >= 4 is 23.2 Å². The number of halogens is 2. The Hall–Kier alpha value is -0.480. The number of benzene rings is 1. The van der Waals surface area contributed by atoms with Crippen molar-refractivity contribution in [2.45, 2.75) is 43.3 Å². The van der Waals surface area contributed by atoms with E-state index in [0.717, 1.165) is 56.8 Å². The molecule has 0 aliphatic carbocycles. The van der Waals surface area contributed by atoms with E-state index in [-0.39, 0.29) is 11.7 Å². The lowest BCUT2D eigenvalue weighted by Gasteiger charge is -2.43. The van der Waals surface area contributed by atoms with E-state index in [1.165, 1.54) is 0 Å². The molecule has 3 rings (SSSR count). The predicted molar refractivity (Wildman–Crippen MR) is 83.4 cm³/mol. The first kappa shape index (κ1) is 15.4. The highest BCUT2D eigenvalue weighted by Crippen LogP contribution is 2.38. The molecule has 3 nitrogen and oxygen atoms in total. The Balaban J connectivity index is 1.73. The molecule has 21 heavy (non-hydrogen) atoms. The smallest absolute Gasteiger partial charge is 0.142 e. The molecule has 2 fully saturated rings. The van der Waals surface area contributed by atoms with Crippen LogP contribution in [0.25, 0.3) is 0 Å². The second-order valence-corrected chi connectivity index (χ2v) is 6.41. The molecule has 5 heteroatoms. The maximum atomic E-state index is 6.27. The number of hydrogen-bond donors (Lipinski definition) is 0. The fraction of sp³-hybridized carbons (Fsp3) is 0.625. The summed E-state index contributed by atoms with van der Waals surface area (Å²) in [6.07, 6.45) is 3.78. The SMILES string of the molecule is ClCc1cccc(Cl)c1OC1CCOC2(CCOCC2)C1. The highest BCUT2D eigenvalue weighted by Gasteiger charge is 2.40. The lowest BCUT2D eigenvalue weighted by Crippen LogP contribution is -2.47. The molecular formula is C16H20Cl2O3. The van der Waals surface area contributed by atoms with Gasteiger partial charge in [-0.3, -0.25) is 0 Å². The first-order valence-electron chi connectivity index (χ1n) is 7.44. The number of rotatable bonds is 3. The van der Waals surface area contributed by atoms with Gasteiger partial charge in [-0.15, -0.1) is 11.6 Å². The molecule has 1 aromatic rings. The summed E-state index contributed by atoms with van der Waals surface area (Å²) in [5, 5.41) is 0.626. The van der Waals surface area contributed by atoms with Crippen molar-refractivity contribution in [3.63, 3.8) is 0 Å². The van der Waals surface area contributed by atoms with Gasteiger partial charge in [0.05, 0.1) is 23.1 Å². The normalized spacial score (nSPS) is 25.0. The summed E-state index contributed by atoms with van der Waals surface area (Å²) < 4.78 is 17.7. The third-order valence-corrected chi connectivity index (χ3v) is 4.91. The van der Waals surface area contributed by atoms with E-state index in [1.807, 2.05) is 18.2 Å². The Bertz CT molecular complexity index is 481. The van der Waals surface area contributed by atoms with Gasteiger partial charge in [0.25, 0.3) is 0 Å². The van der Waals surface area contributed by atoms with Crippen molar-refractivity contribution < 1.29 is 14.2 Å². The molecule has 0 saturated carbocycles. The van der Waals surface area contributed by atoms with Gasteiger partial charge in [-0.2, -0.15) is 0 Å². The van der Waals surface area contributed by atoms with Crippen LogP contribution in [0.3, 0.4) is 0 Å². The summed E-state index contributed by atoms with van der Waals surface area (Å²) in [5.41, 5.74) is 0.862. The highest BCUT2D eigenvalue weighted by molar-refractivity contribution is 6.32. The van der Waals surface area contributed by atoms with Crippen LogP contribution in [0.1, 0.15) is 31.2 Å². The Morgan fingerprint density at radius 3 is 2.81 bits per heavy atom. The molecule has 2 saturated heterocycles. The number of hydrogen-bond acceptors (Lipinski definition) is 3. The molecule has 1 atom stereocenters. The van der Waals surface area contributed by atoms with Crippen LogP contribution in [0.15, 0.2) is 18.2 Å². The molecule has 2 heterocycles. The van der Waals surface area contributed by atoms with Crippen LogP contribution in [0.5, 0.6) is 5.75 Å². The van der Waals surface area contributed by atoms with E-state index in [2.05, 4.69) is 0 Å². The zero-order valence-electron chi connectivity index (χ0n) is 11.9. The van der Waals surface area contributed by atoms with Crippen LogP contribution in [-0.4, -0.2) is 31.5 Å². The molecule has 0 radical (unpaired) electrons. The van der Waals surface area contributed by atoms with Gasteiger partial charge in [0, 0.05) is 31.6 Å². The molecule has 1 aromatic carbocycles. The minimum atomic E-state index is -0.0798. The maximum Gasteiger partial charge on any atom is 0.142 e. The van der Waals surface area contributed by atoms with Crippen molar-refractivity contribution in [3.8, 4) is 5.75 Å². The minimum absolute atomic E-state index is 0.0798. The Kier molecular flexibility index (Phi) is 4.95. The molecular weight excluding hydrogens is 311 g/mol. The van der Waals surface area contributed by atoms with E-state index in [1.54, 1.807) is 0 Å². The van der Waals surface area contributed by atoms with Crippen molar-refractivity contribution in [1.29, 1.82) is 0 Å². The van der Waals surface area contributed by atoms with Crippen molar-refractivity contribution in [3.05, 3.63) is 28.8 Å². The van der Waals surface area contributed by atoms with Gasteiger partial charge >= 0.3 is 0 Å². The van der Waals surface area contributed by atoms with Crippen LogP contribution in [0.4, 0.5) is 0 Å². The van der Waals surface area contributed by atoms with Crippen LogP contribution >= 0.6 is 23.2 Å². The fourth-order valence-electron chi connectivity index (χ4n) is 3.13. The topological polar surface area (TPSA) is 27.7 Å². The summed E-state index contributed by atoms with van der Waals surface area (Å²) >= 11 is 12.3. The van der Waals surface area contributed by atoms with E-state index in [0.29, 0.717) is 10.9 Å². The zero-order valence-corrected chi connectivity index (χ0v) is 13.5. The average molecular weight is 331 g/mol. The van der Waals surface area contributed by atoms with Gasteiger partial charge in [-0.05, 0) is 18.9 Å². The highest BCUT2D eigenvalue weighted by atomic mass is 35.5. The van der Waals surface area contributed by atoms with E-state index >= 15 is 0 Å². The summed E-state index contributed by atoms with van der Waals surface area (Å²) in [4.78, 5) is 0. The van der Waals surface area contributed by atoms with Crippen LogP contribution in [0, 0.1) is 0 Å². The lowest BCUT2D eigenvalue weighted by molar-refractivity contribution is -0.155. The van der Waals surface area contributed by atoms with Crippen molar-refractivity contribution in [2.24, 2.45) is 0 Å². The van der Waals surface area contributed by atoms with Gasteiger partial charge in [-0.1, -0.05) is 23.7 Å². The van der Waals surface area contributed by atoms with Crippen molar-refractivity contribution in [2.75, 3.05) is 19.8 Å². The summed E-state index contributed by atoms with van der Waals surface area (Å²) in [6.45, 7) is 2.27. The average Bonchev–Trinajstić information content (AvgIpc) is 2.50. The molecule has 0 bridgehead atoms. The number of ether oxygens (including phenoxy) is 3. The quantitative estimate of drug-likeness (QED) is 0.778. The van der Waals surface area contributed by atoms with Gasteiger partial charge in [0.2, 0.25) is 0 Å². The fourth-order valence-corrected chi connectivity index (χ4v) is 3.58. The van der Waals surface area contributed by atoms with E-state index < -0.39 is 0 Å². The second-order valence-electron chi connectivity index (χ2n) is 5.74. The van der Waals surface area contributed by atoms with Crippen molar-refractivity contribution in [1.82, 2.24) is 0 Å². The largest absolute Gasteiger partial charge is 0.488 e. The monoisotopic (exact) mass is 330 g/mol. The third-order valence-electron chi connectivity index (χ3n) is 4.33. The Morgan fingerprint density at radius 1 is 1.24 bits per heavy atom. The van der Waals surface area contributed by atoms with Gasteiger partial charge in [0.1, 0.15) is 11.9 Å². The van der Waals surface area contributed by atoms with Gasteiger partial charge < -0.3 is 14.2 Å². The summed E-state index contributed by atoms with van der Waals surface area (Å²) in [6, 6.07) is 5.70. The zero-order chi connectivity index (χ0) is 14.7. The van der Waals surface area contributed by atoms with Gasteiger partial charge in [-0.25, -0.2) is 0 Å². The lowest BCUT2D eigenvalue weighted by atomic mass is 9.85. The second kappa shape index (κ2) is 6.74. The molecule has 1 spiro atoms.